The summed E-state index contributed by atoms with van der Waals surface area (Å²) in [6, 6.07) is 2.06. The van der Waals surface area contributed by atoms with Crippen molar-refractivity contribution in [2.45, 2.75) is 32.6 Å². The predicted octanol–water partition coefficient (Wildman–Crippen LogP) is 2.96. The van der Waals surface area contributed by atoms with Crippen LogP contribution in [-0.4, -0.2) is 21.1 Å². The molecule has 0 radical (unpaired) electrons. The Labute approximate surface area is 102 Å². The van der Waals surface area contributed by atoms with E-state index in [4.69, 9.17) is 0 Å². The van der Waals surface area contributed by atoms with Crippen LogP contribution in [0.4, 0.5) is 5.82 Å². The number of nitrogens with one attached hydrogen (secondary N) is 1. The summed E-state index contributed by atoms with van der Waals surface area (Å²) in [6.07, 6.45) is 8.71. The zero-order chi connectivity index (χ0) is 12.1. The molecule has 92 valence electrons. The van der Waals surface area contributed by atoms with Crippen LogP contribution in [0.3, 0.4) is 0 Å². The smallest absolute Gasteiger partial charge is 0.145 e. The zero-order valence-electron chi connectivity index (χ0n) is 10.6. The third-order valence-electron chi connectivity index (χ3n) is 2.98. The van der Waals surface area contributed by atoms with Crippen molar-refractivity contribution in [1.29, 1.82) is 0 Å². The van der Waals surface area contributed by atoms with Crippen LogP contribution in [-0.2, 0) is 7.05 Å². The first kappa shape index (κ1) is 11.9. The van der Waals surface area contributed by atoms with Gasteiger partial charge in [0.15, 0.2) is 0 Å². The standard InChI is InChI=1S/C13H20N4/c1-3-4-5-6-8-14-12-11-7-9-17(2)13(11)16-10-15-12/h7,9-10H,3-6,8H2,1-2H3,(H,14,15,16). The normalized spacial score (nSPS) is 10.9. The average Bonchev–Trinajstić information content (AvgIpc) is 2.72. The Kier molecular flexibility index (Phi) is 3.96. The summed E-state index contributed by atoms with van der Waals surface area (Å²) < 4.78 is 2.01. The highest BCUT2D eigenvalue weighted by atomic mass is 15.1. The van der Waals surface area contributed by atoms with E-state index < -0.39 is 0 Å². The third kappa shape index (κ3) is 2.75. The van der Waals surface area contributed by atoms with E-state index in [9.17, 15) is 0 Å². The van der Waals surface area contributed by atoms with Gasteiger partial charge < -0.3 is 9.88 Å². The van der Waals surface area contributed by atoms with E-state index in [1.807, 2.05) is 17.8 Å². The van der Waals surface area contributed by atoms with Crippen molar-refractivity contribution >= 4 is 16.9 Å². The predicted molar refractivity (Wildman–Crippen MR) is 71.1 cm³/mol. The maximum Gasteiger partial charge on any atom is 0.145 e. The Morgan fingerprint density at radius 2 is 2.12 bits per heavy atom. The third-order valence-corrected chi connectivity index (χ3v) is 2.98. The first-order valence-electron chi connectivity index (χ1n) is 6.33. The topological polar surface area (TPSA) is 42.7 Å². The van der Waals surface area contributed by atoms with Crippen molar-refractivity contribution in [1.82, 2.24) is 14.5 Å². The molecule has 0 unspecified atom stereocenters. The van der Waals surface area contributed by atoms with E-state index in [1.165, 1.54) is 25.7 Å². The number of nitrogens with zero attached hydrogens (tertiary/aromatic N) is 3. The summed E-state index contributed by atoms with van der Waals surface area (Å²) >= 11 is 0. The van der Waals surface area contributed by atoms with Gasteiger partial charge in [-0.25, -0.2) is 9.97 Å². The lowest BCUT2D eigenvalue weighted by molar-refractivity contribution is 0.684. The van der Waals surface area contributed by atoms with Crippen molar-refractivity contribution in [2.24, 2.45) is 7.05 Å². The first-order chi connectivity index (χ1) is 8.33. The van der Waals surface area contributed by atoms with Gasteiger partial charge in [-0.3, -0.25) is 0 Å². The van der Waals surface area contributed by atoms with Crippen molar-refractivity contribution in [3.05, 3.63) is 18.6 Å². The lowest BCUT2D eigenvalue weighted by Crippen LogP contribution is -2.04. The maximum absolute atomic E-state index is 4.30. The van der Waals surface area contributed by atoms with Gasteiger partial charge >= 0.3 is 0 Å². The number of unbranched alkanes of at least 4 members (excludes halogenated alkanes) is 3. The van der Waals surface area contributed by atoms with Crippen LogP contribution in [0.1, 0.15) is 32.6 Å². The molecule has 0 fully saturated rings. The second kappa shape index (κ2) is 5.66. The van der Waals surface area contributed by atoms with Crippen LogP contribution in [0.15, 0.2) is 18.6 Å². The monoisotopic (exact) mass is 232 g/mol. The molecule has 4 heteroatoms. The Bertz CT molecular complexity index is 475. The van der Waals surface area contributed by atoms with Gasteiger partial charge in [-0.1, -0.05) is 26.2 Å². The van der Waals surface area contributed by atoms with E-state index in [0.717, 1.165) is 23.4 Å². The highest BCUT2D eigenvalue weighted by molar-refractivity contribution is 5.87. The van der Waals surface area contributed by atoms with Crippen molar-refractivity contribution < 1.29 is 0 Å². The fourth-order valence-corrected chi connectivity index (χ4v) is 1.98. The Morgan fingerprint density at radius 3 is 2.94 bits per heavy atom. The maximum atomic E-state index is 4.30. The van der Waals surface area contributed by atoms with Gasteiger partial charge in [0, 0.05) is 19.8 Å². The molecule has 2 heterocycles. The number of hydrogen-bond acceptors (Lipinski definition) is 3. The molecule has 0 saturated heterocycles. The molecular formula is C13H20N4. The van der Waals surface area contributed by atoms with E-state index in [-0.39, 0.29) is 0 Å². The lowest BCUT2D eigenvalue weighted by atomic mass is 10.2. The lowest BCUT2D eigenvalue weighted by Gasteiger charge is -2.06. The summed E-state index contributed by atoms with van der Waals surface area (Å²) in [4.78, 5) is 8.57. The molecule has 0 bridgehead atoms. The second-order valence-electron chi connectivity index (χ2n) is 4.37. The molecule has 4 nitrogen and oxygen atoms in total. The highest BCUT2D eigenvalue weighted by Gasteiger charge is 2.05. The van der Waals surface area contributed by atoms with Crippen LogP contribution < -0.4 is 5.32 Å². The molecular weight excluding hydrogens is 212 g/mol. The van der Waals surface area contributed by atoms with Gasteiger partial charge in [0.25, 0.3) is 0 Å². The van der Waals surface area contributed by atoms with Crippen LogP contribution in [0.5, 0.6) is 0 Å². The molecule has 0 amide bonds. The molecule has 0 aliphatic rings. The van der Waals surface area contributed by atoms with Gasteiger partial charge in [0.2, 0.25) is 0 Å². The molecule has 2 aromatic rings. The number of anilines is 1. The van der Waals surface area contributed by atoms with Crippen LogP contribution in [0.25, 0.3) is 11.0 Å². The minimum absolute atomic E-state index is 0.951. The Balaban J connectivity index is 1.99. The first-order valence-corrected chi connectivity index (χ1v) is 6.33. The Morgan fingerprint density at radius 1 is 1.24 bits per heavy atom. The highest BCUT2D eigenvalue weighted by Crippen LogP contribution is 2.19. The number of hydrogen-bond donors (Lipinski definition) is 1. The van der Waals surface area contributed by atoms with E-state index in [2.05, 4.69) is 28.3 Å². The van der Waals surface area contributed by atoms with Gasteiger partial charge in [-0.05, 0) is 12.5 Å². The van der Waals surface area contributed by atoms with Crippen LogP contribution in [0, 0.1) is 0 Å². The number of aryl methyl sites for hydroxylation is 1. The average molecular weight is 232 g/mol. The molecule has 0 aromatic carbocycles. The van der Waals surface area contributed by atoms with Gasteiger partial charge in [-0.2, -0.15) is 0 Å². The number of rotatable bonds is 6. The summed E-state index contributed by atoms with van der Waals surface area (Å²) in [6.45, 7) is 3.21. The number of fused-ring (bicyclic) bond motifs is 1. The molecule has 2 rings (SSSR count). The fourth-order valence-electron chi connectivity index (χ4n) is 1.98. The molecule has 0 atom stereocenters. The molecule has 2 aromatic heterocycles. The number of aromatic nitrogens is 3. The van der Waals surface area contributed by atoms with E-state index in [1.54, 1.807) is 6.33 Å². The van der Waals surface area contributed by atoms with Crippen molar-refractivity contribution in [2.75, 3.05) is 11.9 Å². The largest absolute Gasteiger partial charge is 0.369 e. The minimum atomic E-state index is 0.951. The molecule has 0 aliphatic heterocycles. The van der Waals surface area contributed by atoms with Gasteiger partial charge in [-0.15, -0.1) is 0 Å². The Hall–Kier alpha value is -1.58. The van der Waals surface area contributed by atoms with Crippen LogP contribution in [0.2, 0.25) is 0 Å². The molecule has 0 spiro atoms. The SMILES string of the molecule is CCCCCCNc1ncnc2c1ccn2C. The van der Waals surface area contributed by atoms with E-state index in [0.29, 0.717) is 0 Å². The molecule has 0 aliphatic carbocycles. The van der Waals surface area contributed by atoms with Crippen molar-refractivity contribution in [3.8, 4) is 0 Å². The molecule has 0 saturated carbocycles. The van der Waals surface area contributed by atoms with Gasteiger partial charge in [0.05, 0.1) is 5.39 Å². The van der Waals surface area contributed by atoms with Crippen LogP contribution >= 0.6 is 0 Å². The summed E-state index contributed by atoms with van der Waals surface area (Å²) in [5.74, 6) is 0.951. The van der Waals surface area contributed by atoms with Gasteiger partial charge in [0.1, 0.15) is 17.8 Å². The van der Waals surface area contributed by atoms with Crippen molar-refractivity contribution in [3.63, 3.8) is 0 Å². The summed E-state index contributed by atoms with van der Waals surface area (Å²) in [5, 5.41) is 4.50. The quantitative estimate of drug-likeness (QED) is 0.779. The minimum Gasteiger partial charge on any atom is -0.369 e. The van der Waals surface area contributed by atoms with E-state index >= 15 is 0 Å². The second-order valence-corrected chi connectivity index (χ2v) is 4.37. The fraction of sp³-hybridized carbons (Fsp3) is 0.538. The summed E-state index contributed by atoms with van der Waals surface area (Å²) in [7, 11) is 2.00. The zero-order valence-corrected chi connectivity index (χ0v) is 10.6. The molecule has 1 N–H and O–H groups in total. The summed E-state index contributed by atoms with van der Waals surface area (Å²) in [5.41, 5.74) is 0.982. The molecule has 17 heavy (non-hydrogen) atoms.